The molecule has 0 saturated heterocycles. The van der Waals surface area contributed by atoms with Gasteiger partial charge in [0.1, 0.15) is 24.5 Å². The lowest BCUT2D eigenvalue weighted by atomic mass is 10.00. The van der Waals surface area contributed by atoms with Crippen molar-refractivity contribution in [2.75, 3.05) is 43.1 Å². The van der Waals surface area contributed by atoms with Crippen LogP contribution in [0.15, 0.2) is 77.5 Å². The third-order valence-electron chi connectivity index (χ3n) is 8.50. The van der Waals surface area contributed by atoms with E-state index in [1.807, 2.05) is 18.2 Å². The number of thioether (sulfide) groups is 1. The maximum absolute atomic E-state index is 13.7. The van der Waals surface area contributed by atoms with Crippen LogP contribution in [0, 0.1) is 12.8 Å². The Morgan fingerprint density at radius 3 is 2.55 bits per heavy atom. The van der Waals surface area contributed by atoms with E-state index in [1.54, 1.807) is 18.1 Å². The number of fused-ring (bicyclic) bond motifs is 1. The minimum Gasteiger partial charge on any atom is -0.491 e. The van der Waals surface area contributed by atoms with E-state index in [0.717, 1.165) is 102 Å². The van der Waals surface area contributed by atoms with Crippen LogP contribution in [0.2, 0.25) is 0 Å². The third kappa shape index (κ3) is 10.2. The number of carbonyl (C=O) groups excluding carboxylic acids is 1. The number of benzene rings is 3. The van der Waals surface area contributed by atoms with Gasteiger partial charge in [-0.05, 0) is 103 Å². The first kappa shape index (κ1) is 36.2. The second-order valence-electron chi connectivity index (χ2n) is 13.0. The number of hydrogen-bond acceptors (Lipinski definition) is 7. The van der Waals surface area contributed by atoms with E-state index in [1.165, 1.54) is 4.90 Å². The lowest BCUT2D eigenvalue weighted by molar-refractivity contribution is -0.112. The molecule has 1 aromatic heterocycles. The summed E-state index contributed by atoms with van der Waals surface area (Å²) in [7, 11) is 0. The van der Waals surface area contributed by atoms with Crippen LogP contribution in [0.3, 0.4) is 0 Å². The normalized spacial score (nSPS) is 12.9. The van der Waals surface area contributed by atoms with E-state index in [2.05, 4.69) is 108 Å². The average molecular weight is 682 g/mol. The largest absolute Gasteiger partial charge is 0.491 e. The van der Waals surface area contributed by atoms with Crippen LogP contribution in [0.5, 0.6) is 5.75 Å². The number of nitrogens with one attached hydrogen (secondary N) is 1. The maximum Gasteiger partial charge on any atom is 0.251 e. The summed E-state index contributed by atoms with van der Waals surface area (Å²) in [5.74, 6) is 2.99. The molecule has 1 aliphatic rings. The number of unbranched alkanes of at least 4 members (excludes halogenated alkanes) is 1. The fourth-order valence-electron chi connectivity index (χ4n) is 5.95. The van der Waals surface area contributed by atoms with Crippen molar-refractivity contribution in [3.05, 3.63) is 89.5 Å². The van der Waals surface area contributed by atoms with E-state index < -0.39 is 0 Å². The summed E-state index contributed by atoms with van der Waals surface area (Å²) < 4.78 is 13.6. The quantitative estimate of drug-likeness (QED) is 0.0880. The highest BCUT2D eigenvalue weighted by molar-refractivity contribution is 7.98. The molecule has 0 saturated carbocycles. The molecular formula is C40H51N5O3S. The molecule has 2 heterocycles. The molecule has 0 spiro atoms. The number of nitrogens with zero attached hydrogens (tertiary/aromatic N) is 4. The summed E-state index contributed by atoms with van der Waals surface area (Å²) in [5, 5.41) is 11.6. The highest BCUT2D eigenvalue weighted by Crippen LogP contribution is 2.34. The molecule has 5 rings (SSSR count). The van der Waals surface area contributed by atoms with Gasteiger partial charge in [-0.3, -0.25) is 4.79 Å². The first-order valence-corrected chi connectivity index (χ1v) is 18.6. The zero-order chi connectivity index (χ0) is 34.6. The standard InChI is InChI=1S/C40H51N5O3S/c1-6-8-20-47-21-22-48-36-13-9-31(10-14-36)32-11-15-37-34(24-32)25-33(17-19-44(37)26-29(3)4)40(46)42-35-12-16-38(30(5)23-35)49-27-39-43-41-28-45(39)18-7-2/h9-16,23-25,28-29H,6-8,17-22,26-27H2,1-5H3,(H,42,46). The summed E-state index contributed by atoms with van der Waals surface area (Å²) >= 11 is 1.74. The van der Waals surface area contributed by atoms with E-state index >= 15 is 0 Å². The predicted molar refractivity (Wildman–Crippen MR) is 202 cm³/mol. The number of ether oxygens (including phenoxy) is 2. The van der Waals surface area contributed by atoms with Crippen molar-refractivity contribution in [2.45, 2.75) is 77.5 Å². The summed E-state index contributed by atoms with van der Waals surface area (Å²) in [6.07, 6.45) is 7.80. The number of aryl methyl sites for hydroxylation is 2. The molecule has 0 radical (unpaired) electrons. The van der Waals surface area contributed by atoms with E-state index in [4.69, 9.17) is 9.47 Å². The molecule has 0 atom stereocenters. The third-order valence-corrected chi connectivity index (χ3v) is 9.67. The first-order chi connectivity index (χ1) is 23.8. The molecule has 9 heteroatoms. The first-order valence-electron chi connectivity index (χ1n) is 17.7. The Morgan fingerprint density at radius 2 is 1.80 bits per heavy atom. The zero-order valence-corrected chi connectivity index (χ0v) is 30.5. The highest BCUT2D eigenvalue weighted by Gasteiger charge is 2.21. The Hall–Kier alpha value is -4.08. The van der Waals surface area contributed by atoms with Crippen molar-refractivity contribution in [1.82, 2.24) is 14.8 Å². The molecule has 3 aromatic carbocycles. The number of amides is 1. The average Bonchev–Trinajstić information content (AvgIpc) is 3.46. The van der Waals surface area contributed by atoms with Gasteiger partial charge in [-0.25, -0.2) is 0 Å². The summed E-state index contributed by atoms with van der Waals surface area (Å²) in [4.78, 5) is 17.3. The topological polar surface area (TPSA) is 81.5 Å². The van der Waals surface area contributed by atoms with Crippen molar-refractivity contribution in [3.63, 3.8) is 0 Å². The van der Waals surface area contributed by atoms with Gasteiger partial charge in [0.25, 0.3) is 5.91 Å². The molecule has 4 aromatic rings. The number of hydrogen-bond donors (Lipinski definition) is 1. The zero-order valence-electron chi connectivity index (χ0n) is 29.7. The van der Waals surface area contributed by atoms with Gasteiger partial charge in [0.05, 0.1) is 12.4 Å². The molecule has 260 valence electrons. The fraction of sp³-hybridized carbons (Fsp3) is 0.425. The number of anilines is 2. The minimum atomic E-state index is -0.0598. The Balaban J connectivity index is 1.28. The van der Waals surface area contributed by atoms with Crippen LogP contribution in [-0.2, 0) is 21.8 Å². The molecule has 8 nitrogen and oxygen atoms in total. The molecule has 0 bridgehead atoms. The summed E-state index contributed by atoms with van der Waals surface area (Å²) in [5.41, 5.74) is 7.13. The van der Waals surface area contributed by atoms with E-state index in [9.17, 15) is 4.79 Å². The molecular weight excluding hydrogens is 631 g/mol. The van der Waals surface area contributed by atoms with E-state index in [-0.39, 0.29) is 5.91 Å². The number of carbonyl (C=O) groups is 1. The van der Waals surface area contributed by atoms with Gasteiger partial charge in [0, 0.05) is 48.1 Å². The van der Waals surface area contributed by atoms with Crippen molar-refractivity contribution in [2.24, 2.45) is 5.92 Å². The molecule has 1 N–H and O–H groups in total. The van der Waals surface area contributed by atoms with Gasteiger partial charge in [-0.1, -0.05) is 52.3 Å². The monoisotopic (exact) mass is 681 g/mol. The SMILES string of the molecule is CCCCOCCOc1ccc(-c2ccc3c(c2)C=C(C(=O)Nc2ccc(SCc4nncn4CCC)c(C)c2)CCN3CC(C)C)cc1. The smallest absolute Gasteiger partial charge is 0.251 e. The Kier molecular flexibility index (Phi) is 13.3. The van der Waals surface area contributed by atoms with Crippen LogP contribution in [-0.4, -0.2) is 53.6 Å². The van der Waals surface area contributed by atoms with Crippen LogP contribution in [0.4, 0.5) is 11.4 Å². The van der Waals surface area contributed by atoms with Crippen LogP contribution in [0.1, 0.15) is 70.3 Å². The van der Waals surface area contributed by atoms with Crippen molar-refractivity contribution in [3.8, 4) is 16.9 Å². The molecule has 1 amide bonds. The van der Waals surface area contributed by atoms with E-state index in [0.29, 0.717) is 25.6 Å². The van der Waals surface area contributed by atoms with Gasteiger partial charge >= 0.3 is 0 Å². The van der Waals surface area contributed by atoms with Gasteiger partial charge in [0.2, 0.25) is 0 Å². The van der Waals surface area contributed by atoms with Crippen molar-refractivity contribution < 1.29 is 14.3 Å². The molecule has 0 aliphatic carbocycles. The highest BCUT2D eigenvalue weighted by atomic mass is 32.2. The van der Waals surface area contributed by atoms with Crippen LogP contribution in [0.25, 0.3) is 17.2 Å². The molecule has 0 fully saturated rings. The molecule has 49 heavy (non-hydrogen) atoms. The lowest BCUT2D eigenvalue weighted by Crippen LogP contribution is -2.29. The number of aromatic nitrogens is 3. The fourth-order valence-corrected chi connectivity index (χ4v) is 6.91. The van der Waals surface area contributed by atoms with Crippen molar-refractivity contribution >= 4 is 35.1 Å². The lowest BCUT2D eigenvalue weighted by Gasteiger charge is -2.27. The number of rotatable bonds is 17. The Morgan fingerprint density at radius 1 is 0.980 bits per heavy atom. The molecule has 0 unspecified atom stereocenters. The van der Waals surface area contributed by atoms with Gasteiger partial charge < -0.3 is 24.3 Å². The second-order valence-corrected chi connectivity index (χ2v) is 14.1. The maximum atomic E-state index is 13.7. The predicted octanol–water partition coefficient (Wildman–Crippen LogP) is 9.04. The Labute approximate surface area is 296 Å². The van der Waals surface area contributed by atoms with Gasteiger partial charge in [-0.2, -0.15) is 0 Å². The Bertz CT molecular complexity index is 1700. The second kappa shape index (κ2) is 18.1. The summed E-state index contributed by atoms with van der Waals surface area (Å²) in [6, 6.07) is 20.9. The van der Waals surface area contributed by atoms with Gasteiger partial charge in [0.15, 0.2) is 0 Å². The summed E-state index contributed by atoms with van der Waals surface area (Å²) in [6.45, 7) is 15.4. The van der Waals surface area contributed by atoms with Gasteiger partial charge in [-0.15, -0.1) is 22.0 Å². The van der Waals surface area contributed by atoms with Crippen molar-refractivity contribution in [1.29, 1.82) is 0 Å². The molecule has 1 aliphatic heterocycles. The van der Waals surface area contributed by atoms with Crippen LogP contribution < -0.4 is 15.0 Å². The minimum absolute atomic E-state index is 0.0598. The van der Waals surface area contributed by atoms with Crippen LogP contribution >= 0.6 is 11.8 Å².